The molecule has 0 spiro atoms. The van der Waals surface area contributed by atoms with Gasteiger partial charge in [-0.25, -0.2) is 0 Å². The molecule has 0 aromatic heterocycles. The maximum Gasteiger partial charge on any atom is 0.368 e. The van der Waals surface area contributed by atoms with Crippen molar-refractivity contribution >= 4 is 8.56 Å². The average molecular weight is 234 g/mol. The van der Waals surface area contributed by atoms with Crippen LogP contribution in [-0.4, -0.2) is 35.4 Å². The lowest BCUT2D eigenvalue weighted by atomic mass is 10.8. The zero-order valence-corrected chi connectivity index (χ0v) is 11.3. The molecule has 0 aliphatic rings. The fourth-order valence-corrected chi connectivity index (χ4v) is 3.28. The Labute approximate surface area is 93.4 Å². The summed E-state index contributed by atoms with van der Waals surface area (Å²) in [6.07, 6.45) is -0.586. The first kappa shape index (κ1) is 14.8. The van der Waals surface area contributed by atoms with Crippen LogP contribution < -0.4 is 0 Å². The Morgan fingerprint density at radius 2 is 1.53 bits per heavy atom. The highest BCUT2D eigenvalue weighted by Crippen LogP contribution is 2.19. The van der Waals surface area contributed by atoms with Crippen LogP contribution in [0, 0.1) is 0 Å². The van der Waals surface area contributed by atoms with Crippen molar-refractivity contribution in [3.8, 4) is 0 Å². The van der Waals surface area contributed by atoms with Crippen LogP contribution in [0.5, 0.6) is 0 Å². The molecule has 15 heavy (non-hydrogen) atoms. The van der Waals surface area contributed by atoms with E-state index < -0.39 is 8.56 Å². The smallest absolute Gasteiger partial charge is 0.365 e. The van der Waals surface area contributed by atoms with Gasteiger partial charge in [-0.05, 0) is 25.6 Å². The number of hydrogen-bond acceptors (Lipinski definition) is 4. The van der Waals surface area contributed by atoms with Crippen LogP contribution in [0.15, 0.2) is 12.3 Å². The van der Waals surface area contributed by atoms with E-state index in [1.807, 2.05) is 20.8 Å². The molecule has 0 aromatic rings. The Morgan fingerprint density at radius 1 is 1.13 bits per heavy atom. The van der Waals surface area contributed by atoms with Crippen molar-refractivity contribution in [2.45, 2.75) is 39.4 Å². The van der Waals surface area contributed by atoms with Crippen LogP contribution in [0.25, 0.3) is 0 Å². The van der Waals surface area contributed by atoms with Crippen LogP contribution in [0.2, 0.25) is 6.04 Å². The molecule has 0 saturated carbocycles. The van der Waals surface area contributed by atoms with Gasteiger partial charge in [0.25, 0.3) is 0 Å². The number of ether oxygens (including phenoxy) is 2. The normalized spacial score (nSPS) is 19.3. The van der Waals surface area contributed by atoms with Crippen molar-refractivity contribution in [3.63, 3.8) is 0 Å². The molecule has 0 radical (unpaired) electrons. The predicted molar refractivity (Wildman–Crippen MR) is 61.5 cm³/mol. The second-order valence-corrected chi connectivity index (χ2v) is 6.42. The summed E-state index contributed by atoms with van der Waals surface area (Å²) < 4.78 is 21.6. The minimum Gasteiger partial charge on any atom is -0.365 e. The third-order valence-corrected chi connectivity index (χ3v) is 5.27. The third kappa shape index (κ3) is 4.90. The largest absolute Gasteiger partial charge is 0.368 e. The molecule has 0 aliphatic carbocycles. The van der Waals surface area contributed by atoms with Gasteiger partial charge >= 0.3 is 8.56 Å². The van der Waals surface area contributed by atoms with Crippen LogP contribution in [0.1, 0.15) is 20.8 Å². The molecular formula is C10H22O4Si. The van der Waals surface area contributed by atoms with Gasteiger partial charge in [-0.3, -0.25) is 0 Å². The minimum absolute atomic E-state index is 0.293. The van der Waals surface area contributed by atoms with E-state index in [1.54, 1.807) is 19.9 Å². The predicted octanol–water partition coefficient (Wildman–Crippen LogP) is 2.19. The second kappa shape index (κ2) is 7.13. The highest BCUT2D eigenvalue weighted by Gasteiger charge is 2.36. The molecule has 0 fully saturated rings. The Morgan fingerprint density at radius 3 is 1.73 bits per heavy atom. The van der Waals surface area contributed by atoms with Gasteiger partial charge in [-0.2, -0.15) is 0 Å². The lowest BCUT2D eigenvalue weighted by Crippen LogP contribution is -2.45. The van der Waals surface area contributed by atoms with E-state index in [0.717, 1.165) is 6.04 Å². The van der Waals surface area contributed by atoms with Gasteiger partial charge in [0.2, 0.25) is 0 Å². The summed E-state index contributed by atoms with van der Waals surface area (Å²) in [5.74, 6) is 0. The van der Waals surface area contributed by atoms with E-state index in [0.29, 0.717) is 0 Å². The lowest BCUT2D eigenvalue weighted by Gasteiger charge is -2.31. The van der Waals surface area contributed by atoms with Crippen molar-refractivity contribution in [1.29, 1.82) is 0 Å². The molecule has 0 aliphatic heterocycles. The lowest BCUT2D eigenvalue weighted by molar-refractivity contribution is -0.0999. The van der Waals surface area contributed by atoms with E-state index >= 15 is 0 Å². The molecule has 4 nitrogen and oxygen atoms in total. The summed E-state index contributed by atoms with van der Waals surface area (Å²) in [7, 11) is 0.801. The summed E-state index contributed by atoms with van der Waals surface area (Å²) >= 11 is 0. The molecule has 0 heterocycles. The average Bonchev–Trinajstić information content (AvgIpc) is 2.27. The molecule has 90 valence electrons. The van der Waals surface area contributed by atoms with Crippen molar-refractivity contribution in [1.82, 2.24) is 0 Å². The van der Waals surface area contributed by atoms with E-state index in [-0.39, 0.29) is 12.6 Å². The summed E-state index contributed by atoms with van der Waals surface area (Å²) in [5, 5.41) is 0. The monoisotopic (exact) mass is 234 g/mol. The fraction of sp³-hybridized carbons (Fsp3) is 0.800. The van der Waals surface area contributed by atoms with Crippen molar-refractivity contribution in [3.05, 3.63) is 12.3 Å². The highest BCUT2D eigenvalue weighted by atomic mass is 28.4. The summed E-state index contributed by atoms with van der Waals surface area (Å²) in [6.45, 7) is 9.46. The molecule has 0 rings (SSSR count). The van der Waals surface area contributed by atoms with Crippen LogP contribution >= 0.6 is 0 Å². The van der Waals surface area contributed by atoms with Gasteiger partial charge in [0.1, 0.15) is 12.6 Å². The maximum absolute atomic E-state index is 5.75. The van der Waals surface area contributed by atoms with Crippen LogP contribution in [0.4, 0.5) is 0 Å². The van der Waals surface area contributed by atoms with Gasteiger partial charge in [-0.1, -0.05) is 6.92 Å². The van der Waals surface area contributed by atoms with Gasteiger partial charge in [-0.15, -0.1) is 6.58 Å². The fourth-order valence-electron chi connectivity index (χ4n) is 1.09. The quantitative estimate of drug-likeness (QED) is 0.476. The number of methoxy groups -OCH3 is 2. The number of hydrogen-bond donors (Lipinski definition) is 0. The summed E-state index contributed by atoms with van der Waals surface area (Å²) in [5.41, 5.74) is 1.76. The van der Waals surface area contributed by atoms with Crippen LogP contribution in [-0.2, 0) is 18.3 Å². The molecule has 0 N–H and O–H groups in total. The third-order valence-electron chi connectivity index (χ3n) is 2.20. The Kier molecular flexibility index (Phi) is 7.04. The maximum atomic E-state index is 5.75. The molecule has 0 amide bonds. The second-order valence-electron chi connectivity index (χ2n) is 3.21. The highest BCUT2D eigenvalue weighted by molar-refractivity contribution is 6.72. The summed E-state index contributed by atoms with van der Waals surface area (Å²) in [4.78, 5) is 0. The van der Waals surface area contributed by atoms with Gasteiger partial charge in [0.05, 0.1) is 0 Å². The molecule has 2 atom stereocenters. The SMILES string of the molecule is C=C[Si](CC)(OC(C)OC)OC(C)OC. The Balaban J connectivity index is 4.49. The van der Waals surface area contributed by atoms with E-state index in [1.165, 1.54) is 0 Å². The molecule has 2 unspecified atom stereocenters. The first-order chi connectivity index (χ1) is 7.03. The van der Waals surface area contributed by atoms with E-state index in [9.17, 15) is 0 Å². The first-order valence-electron chi connectivity index (χ1n) is 5.08. The first-order valence-corrected chi connectivity index (χ1v) is 7.18. The molecule has 0 aromatic carbocycles. The minimum atomic E-state index is -2.40. The van der Waals surface area contributed by atoms with Gasteiger partial charge < -0.3 is 18.3 Å². The molecule has 5 heteroatoms. The molecular weight excluding hydrogens is 212 g/mol. The zero-order chi connectivity index (χ0) is 11.9. The summed E-state index contributed by atoms with van der Waals surface area (Å²) in [6, 6.07) is 0.776. The van der Waals surface area contributed by atoms with Crippen molar-refractivity contribution in [2.24, 2.45) is 0 Å². The number of rotatable bonds is 8. The Hall–Kier alpha value is -0.203. The van der Waals surface area contributed by atoms with Crippen molar-refractivity contribution < 1.29 is 18.3 Å². The van der Waals surface area contributed by atoms with Crippen LogP contribution in [0.3, 0.4) is 0 Å². The topological polar surface area (TPSA) is 36.9 Å². The van der Waals surface area contributed by atoms with Gasteiger partial charge in [0.15, 0.2) is 0 Å². The molecule has 0 bridgehead atoms. The van der Waals surface area contributed by atoms with Crippen molar-refractivity contribution in [2.75, 3.05) is 14.2 Å². The molecule has 0 saturated heterocycles. The standard InChI is InChI=1S/C10H22O4Si/c1-7-15(8-2,13-9(3)11-5)14-10(4)12-6/h7,9-10H,1,8H2,2-6H3. The Bertz CT molecular complexity index is 174. The zero-order valence-electron chi connectivity index (χ0n) is 10.3. The van der Waals surface area contributed by atoms with Gasteiger partial charge in [0, 0.05) is 14.2 Å². The van der Waals surface area contributed by atoms with E-state index in [4.69, 9.17) is 18.3 Å². The van der Waals surface area contributed by atoms with E-state index in [2.05, 4.69) is 6.58 Å².